The second-order valence-electron chi connectivity index (χ2n) is 2.47. The fraction of sp³-hybridized carbons (Fsp3) is 0.625. The van der Waals surface area contributed by atoms with Gasteiger partial charge in [-0.25, -0.2) is 0 Å². The average Bonchev–Trinajstić information content (AvgIpc) is 2.00. The number of terminal acetylenes is 1. The largest absolute Gasteiger partial charge is 0.384 e. The number of hydrogen-bond donors (Lipinski definition) is 1. The van der Waals surface area contributed by atoms with Crippen LogP contribution in [0.1, 0.15) is 13.8 Å². The molecule has 1 N–H and O–H groups in total. The smallest absolute Gasteiger partial charge is 0.251 e. The van der Waals surface area contributed by atoms with Gasteiger partial charge in [0.1, 0.15) is 6.10 Å². The minimum Gasteiger partial charge on any atom is -0.384 e. The van der Waals surface area contributed by atoms with Crippen molar-refractivity contribution in [2.45, 2.75) is 26.0 Å². The Bertz CT molecular complexity index is 181. The molecule has 0 radical (unpaired) electrons. The van der Waals surface area contributed by atoms with Gasteiger partial charge >= 0.3 is 0 Å². The summed E-state index contributed by atoms with van der Waals surface area (Å²) in [5, 5.41) is 8.88. The molecule has 0 rings (SSSR count). The summed E-state index contributed by atoms with van der Waals surface area (Å²) in [7, 11) is 1.57. The molecule has 0 aromatic carbocycles. The van der Waals surface area contributed by atoms with Gasteiger partial charge in [-0.05, 0) is 13.8 Å². The lowest BCUT2D eigenvalue weighted by atomic mass is 10.2. The van der Waals surface area contributed by atoms with Crippen molar-refractivity contribution in [3.05, 3.63) is 0 Å². The lowest BCUT2D eigenvalue weighted by Crippen LogP contribution is -2.39. The highest BCUT2D eigenvalue weighted by atomic mass is 16.3. The molecule has 0 spiro atoms. The molecular weight excluding hydrogens is 142 g/mol. The Kier molecular flexibility index (Phi) is 3.63. The Hall–Kier alpha value is -1.01. The molecule has 0 heterocycles. The van der Waals surface area contributed by atoms with E-state index in [2.05, 4.69) is 5.92 Å². The van der Waals surface area contributed by atoms with Crippen molar-refractivity contribution >= 4 is 5.91 Å². The third-order valence-corrected chi connectivity index (χ3v) is 1.53. The minimum atomic E-state index is -0.976. The van der Waals surface area contributed by atoms with E-state index < -0.39 is 6.10 Å². The number of carbonyl (C=O) groups excluding carboxylic acids is 1. The van der Waals surface area contributed by atoms with Gasteiger partial charge in [0, 0.05) is 7.05 Å². The monoisotopic (exact) mass is 155 g/mol. The molecule has 1 amide bonds. The van der Waals surface area contributed by atoms with E-state index in [0.29, 0.717) is 0 Å². The summed E-state index contributed by atoms with van der Waals surface area (Å²) in [5.74, 6) is 2.04. The summed E-state index contributed by atoms with van der Waals surface area (Å²) in [5.41, 5.74) is 0. The van der Waals surface area contributed by atoms with Gasteiger partial charge in [0.15, 0.2) is 0 Å². The number of nitrogens with zero attached hydrogens (tertiary/aromatic N) is 1. The number of likely N-dealkylation sites (N-methyl/N-ethyl adjacent to an activating group) is 1. The first-order valence-electron chi connectivity index (χ1n) is 3.41. The molecule has 0 aliphatic heterocycles. The molecule has 0 aromatic rings. The van der Waals surface area contributed by atoms with Gasteiger partial charge in [0.05, 0.1) is 6.04 Å². The number of aliphatic hydroxyl groups is 1. The summed E-state index contributed by atoms with van der Waals surface area (Å²) < 4.78 is 0. The van der Waals surface area contributed by atoms with E-state index in [0.717, 1.165) is 0 Å². The maximum absolute atomic E-state index is 11.0. The second-order valence-corrected chi connectivity index (χ2v) is 2.47. The van der Waals surface area contributed by atoms with Crippen LogP contribution in [0.4, 0.5) is 0 Å². The van der Waals surface area contributed by atoms with Crippen molar-refractivity contribution < 1.29 is 9.90 Å². The third kappa shape index (κ3) is 2.60. The van der Waals surface area contributed by atoms with Gasteiger partial charge in [-0.2, -0.15) is 0 Å². The highest BCUT2D eigenvalue weighted by Crippen LogP contribution is 1.97. The van der Waals surface area contributed by atoms with E-state index in [4.69, 9.17) is 11.5 Å². The van der Waals surface area contributed by atoms with Gasteiger partial charge < -0.3 is 10.0 Å². The molecule has 0 aliphatic carbocycles. The SMILES string of the molecule is C#CC(C)N(C)C(=O)[C@@H](C)O. The first kappa shape index (κ1) is 9.99. The Balaban J connectivity index is 4.16. The van der Waals surface area contributed by atoms with Crippen LogP contribution in [0.15, 0.2) is 0 Å². The third-order valence-electron chi connectivity index (χ3n) is 1.53. The van der Waals surface area contributed by atoms with Crippen molar-refractivity contribution in [2.24, 2.45) is 0 Å². The van der Waals surface area contributed by atoms with Crippen molar-refractivity contribution in [1.82, 2.24) is 4.90 Å². The van der Waals surface area contributed by atoms with Crippen LogP contribution in [0, 0.1) is 12.3 Å². The summed E-state index contributed by atoms with van der Waals surface area (Å²) >= 11 is 0. The van der Waals surface area contributed by atoms with Crippen LogP contribution in [0.2, 0.25) is 0 Å². The summed E-state index contributed by atoms with van der Waals surface area (Å²) in [6, 6.07) is -0.267. The van der Waals surface area contributed by atoms with Gasteiger partial charge in [-0.15, -0.1) is 6.42 Å². The Morgan fingerprint density at radius 1 is 1.64 bits per heavy atom. The first-order valence-corrected chi connectivity index (χ1v) is 3.41. The zero-order chi connectivity index (χ0) is 9.02. The summed E-state index contributed by atoms with van der Waals surface area (Å²) in [4.78, 5) is 12.4. The summed E-state index contributed by atoms with van der Waals surface area (Å²) in [6.07, 6.45) is 4.11. The Labute approximate surface area is 67.0 Å². The number of carbonyl (C=O) groups is 1. The molecule has 0 aliphatic rings. The molecule has 0 fully saturated rings. The van der Waals surface area contributed by atoms with Crippen LogP contribution in [-0.2, 0) is 4.79 Å². The Morgan fingerprint density at radius 3 is 2.36 bits per heavy atom. The highest BCUT2D eigenvalue weighted by Gasteiger charge is 2.17. The minimum absolute atomic E-state index is 0.267. The standard InChI is InChI=1S/C8H13NO2/c1-5-6(2)9(4)8(11)7(3)10/h1,6-7,10H,2-4H3/t6?,7-/m1/s1. The second kappa shape index (κ2) is 3.99. The molecular formula is C8H13NO2. The molecule has 62 valence electrons. The first-order chi connectivity index (χ1) is 5.00. The molecule has 1 unspecified atom stereocenters. The van der Waals surface area contributed by atoms with Crippen molar-refractivity contribution in [2.75, 3.05) is 7.05 Å². The van der Waals surface area contributed by atoms with Gasteiger partial charge in [0.2, 0.25) is 0 Å². The molecule has 3 heteroatoms. The maximum atomic E-state index is 11.0. The fourth-order valence-electron chi connectivity index (χ4n) is 0.597. The van der Waals surface area contributed by atoms with E-state index in [9.17, 15) is 4.79 Å². The van der Waals surface area contributed by atoms with Crippen molar-refractivity contribution in [1.29, 1.82) is 0 Å². The van der Waals surface area contributed by atoms with E-state index in [1.165, 1.54) is 11.8 Å². The predicted octanol–water partition coefficient (Wildman–Crippen LogP) is -0.153. The number of amides is 1. The average molecular weight is 155 g/mol. The molecule has 0 aromatic heterocycles. The molecule has 3 nitrogen and oxygen atoms in total. The number of hydrogen-bond acceptors (Lipinski definition) is 2. The van der Waals surface area contributed by atoms with Gasteiger partial charge in [-0.1, -0.05) is 5.92 Å². The van der Waals surface area contributed by atoms with Crippen LogP contribution in [0.3, 0.4) is 0 Å². The van der Waals surface area contributed by atoms with Gasteiger partial charge in [-0.3, -0.25) is 4.79 Å². The molecule has 0 bridgehead atoms. The maximum Gasteiger partial charge on any atom is 0.251 e. The normalized spacial score (nSPS) is 14.8. The summed E-state index contributed by atoms with van der Waals surface area (Å²) in [6.45, 7) is 3.14. The van der Waals surface area contributed by atoms with E-state index in [1.54, 1.807) is 14.0 Å². The van der Waals surface area contributed by atoms with Gasteiger partial charge in [0.25, 0.3) is 5.91 Å². The highest BCUT2D eigenvalue weighted by molar-refractivity contribution is 5.80. The number of rotatable bonds is 2. The number of aliphatic hydroxyl groups excluding tert-OH is 1. The van der Waals surface area contributed by atoms with Crippen LogP contribution >= 0.6 is 0 Å². The van der Waals surface area contributed by atoms with Crippen molar-refractivity contribution in [3.8, 4) is 12.3 Å². The van der Waals surface area contributed by atoms with Crippen LogP contribution in [-0.4, -0.2) is 35.1 Å². The molecule has 0 saturated heterocycles. The van der Waals surface area contributed by atoms with E-state index in [-0.39, 0.29) is 11.9 Å². The van der Waals surface area contributed by atoms with E-state index >= 15 is 0 Å². The molecule has 11 heavy (non-hydrogen) atoms. The van der Waals surface area contributed by atoms with Crippen molar-refractivity contribution in [3.63, 3.8) is 0 Å². The van der Waals surface area contributed by atoms with E-state index in [1.807, 2.05) is 0 Å². The zero-order valence-electron chi connectivity index (χ0n) is 7.03. The quantitative estimate of drug-likeness (QED) is 0.563. The Morgan fingerprint density at radius 2 is 2.09 bits per heavy atom. The van der Waals surface area contributed by atoms with Crippen LogP contribution in [0.25, 0.3) is 0 Å². The lowest BCUT2D eigenvalue weighted by molar-refractivity contribution is -0.138. The molecule has 0 saturated carbocycles. The molecule has 2 atom stereocenters. The zero-order valence-corrected chi connectivity index (χ0v) is 7.03. The lowest BCUT2D eigenvalue weighted by Gasteiger charge is -2.21. The van der Waals surface area contributed by atoms with Crippen LogP contribution < -0.4 is 0 Å². The topological polar surface area (TPSA) is 40.5 Å². The predicted molar refractivity (Wildman–Crippen MR) is 42.7 cm³/mol. The van der Waals surface area contributed by atoms with Crippen LogP contribution in [0.5, 0.6) is 0 Å². The fourth-order valence-corrected chi connectivity index (χ4v) is 0.597.